The highest BCUT2D eigenvalue weighted by atomic mass is 32.2. The van der Waals surface area contributed by atoms with Crippen molar-refractivity contribution in [3.8, 4) is 0 Å². The Kier molecular flexibility index (Phi) is 4.72. The number of anilines is 1. The molecular weight excluding hydrogens is 252 g/mol. The van der Waals surface area contributed by atoms with E-state index < -0.39 is 10.0 Å². The zero-order valence-corrected chi connectivity index (χ0v) is 11.8. The number of sulfonamides is 1. The van der Waals surface area contributed by atoms with Gasteiger partial charge in [-0.25, -0.2) is 12.7 Å². The van der Waals surface area contributed by atoms with Crippen molar-refractivity contribution in [1.29, 1.82) is 0 Å². The molecule has 1 aromatic carbocycles. The number of benzene rings is 1. The van der Waals surface area contributed by atoms with Gasteiger partial charge in [0.15, 0.2) is 0 Å². The predicted octanol–water partition coefficient (Wildman–Crippen LogP) is 0.889. The van der Waals surface area contributed by atoms with Crippen molar-refractivity contribution in [2.24, 2.45) is 0 Å². The molecule has 0 atom stereocenters. The van der Waals surface area contributed by atoms with Crippen LogP contribution >= 0.6 is 0 Å². The molecule has 3 N–H and O–H groups in total. The van der Waals surface area contributed by atoms with E-state index in [-0.39, 0.29) is 18.0 Å². The minimum atomic E-state index is -3.54. The van der Waals surface area contributed by atoms with Crippen LogP contribution in [-0.2, 0) is 10.0 Å². The number of hydrogen-bond acceptors (Lipinski definition) is 4. The number of aliphatic hydroxyl groups excluding tert-OH is 1. The van der Waals surface area contributed by atoms with Crippen molar-refractivity contribution in [3.05, 3.63) is 23.3 Å². The van der Waals surface area contributed by atoms with Gasteiger partial charge in [-0.1, -0.05) is 0 Å². The monoisotopic (exact) mass is 272 g/mol. The summed E-state index contributed by atoms with van der Waals surface area (Å²) >= 11 is 0. The second kappa shape index (κ2) is 5.69. The van der Waals surface area contributed by atoms with E-state index in [1.807, 2.05) is 6.92 Å². The molecule has 0 spiro atoms. The van der Waals surface area contributed by atoms with Crippen LogP contribution < -0.4 is 5.73 Å². The van der Waals surface area contributed by atoms with E-state index in [0.29, 0.717) is 17.7 Å². The third-order valence-electron chi connectivity index (χ3n) is 2.96. The third-order valence-corrected chi connectivity index (χ3v) is 4.94. The zero-order chi connectivity index (χ0) is 13.9. The summed E-state index contributed by atoms with van der Waals surface area (Å²) < 4.78 is 25.9. The van der Waals surface area contributed by atoms with Crippen LogP contribution in [0.5, 0.6) is 0 Å². The van der Waals surface area contributed by atoms with Crippen molar-refractivity contribution in [1.82, 2.24) is 4.31 Å². The summed E-state index contributed by atoms with van der Waals surface area (Å²) in [4.78, 5) is 0.237. The van der Waals surface area contributed by atoms with Crippen LogP contribution in [0, 0.1) is 13.8 Å². The number of nitrogens with two attached hydrogens (primary N) is 1. The van der Waals surface area contributed by atoms with Crippen LogP contribution in [-0.4, -0.2) is 38.0 Å². The fourth-order valence-corrected chi connectivity index (χ4v) is 3.24. The standard InChI is InChI=1S/C12H20N2O3S/c1-9-7-11(13)8-12(10(9)2)18(16,17)14(3)5-4-6-15/h7-8,15H,4-6,13H2,1-3H3. The molecule has 0 aliphatic carbocycles. The number of rotatable bonds is 5. The molecule has 0 bridgehead atoms. The molecule has 102 valence electrons. The average Bonchev–Trinajstić information content (AvgIpc) is 2.30. The van der Waals surface area contributed by atoms with E-state index in [0.717, 1.165) is 5.56 Å². The lowest BCUT2D eigenvalue weighted by atomic mass is 10.1. The minimum absolute atomic E-state index is 0.0329. The highest BCUT2D eigenvalue weighted by molar-refractivity contribution is 7.89. The van der Waals surface area contributed by atoms with E-state index in [4.69, 9.17) is 10.8 Å². The number of aliphatic hydroxyl groups is 1. The lowest BCUT2D eigenvalue weighted by molar-refractivity contribution is 0.275. The third kappa shape index (κ3) is 3.01. The first-order valence-electron chi connectivity index (χ1n) is 5.74. The highest BCUT2D eigenvalue weighted by Gasteiger charge is 2.23. The molecule has 0 unspecified atom stereocenters. The van der Waals surface area contributed by atoms with Gasteiger partial charge in [-0.15, -0.1) is 0 Å². The Labute approximate surface area is 108 Å². The number of hydrogen-bond donors (Lipinski definition) is 2. The largest absolute Gasteiger partial charge is 0.399 e. The van der Waals surface area contributed by atoms with E-state index in [2.05, 4.69) is 0 Å². The molecule has 18 heavy (non-hydrogen) atoms. The molecule has 0 saturated carbocycles. The van der Waals surface area contributed by atoms with E-state index in [1.54, 1.807) is 13.0 Å². The number of nitrogen functional groups attached to an aromatic ring is 1. The summed E-state index contributed by atoms with van der Waals surface area (Å²) in [6, 6.07) is 3.23. The van der Waals surface area contributed by atoms with Gasteiger partial charge >= 0.3 is 0 Å². The van der Waals surface area contributed by atoms with Gasteiger partial charge in [0.05, 0.1) is 4.90 Å². The summed E-state index contributed by atoms with van der Waals surface area (Å²) in [7, 11) is -2.04. The molecule has 5 nitrogen and oxygen atoms in total. The van der Waals surface area contributed by atoms with Gasteiger partial charge in [-0.2, -0.15) is 0 Å². The molecule has 6 heteroatoms. The molecule has 0 heterocycles. The molecule has 0 amide bonds. The van der Waals surface area contributed by atoms with Gasteiger partial charge in [0.25, 0.3) is 0 Å². The average molecular weight is 272 g/mol. The fraction of sp³-hybridized carbons (Fsp3) is 0.500. The predicted molar refractivity (Wildman–Crippen MR) is 71.8 cm³/mol. The Bertz CT molecular complexity index is 526. The second-order valence-electron chi connectivity index (χ2n) is 4.36. The molecule has 0 aliphatic rings. The first-order valence-corrected chi connectivity index (χ1v) is 7.18. The van der Waals surface area contributed by atoms with Gasteiger partial charge in [0, 0.05) is 25.9 Å². The van der Waals surface area contributed by atoms with E-state index in [1.165, 1.54) is 17.4 Å². The van der Waals surface area contributed by atoms with Crippen LogP contribution in [0.2, 0.25) is 0 Å². The first-order chi connectivity index (χ1) is 8.30. The van der Waals surface area contributed by atoms with Gasteiger partial charge in [-0.05, 0) is 43.5 Å². The zero-order valence-electron chi connectivity index (χ0n) is 11.0. The van der Waals surface area contributed by atoms with Gasteiger partial charge < -0.3 is 10.8 Å². The van der Waals surface area contributed by atoms with Crippen molar-refractivity contribution in [3.63, 3.8) is 0 Å². The molecule has 0 saturated heterocycles. The second-order valence-corrected chi connectivity index (χ2v) is 6.38. The number of nitrogens with zero attached hydrogens (tertiary/aromatic N) is 1. The smallest absolute Gasteiger partial charge is 0.243 e. The van der Waals surface area contributed by atoms with Crippen LogP contribution in [0.1, 0.15) is 17.5 Å². The lowest BCUT2D eigenvalue weighted by Crippen LogP contribution is -2.29. The highest BCUT2D eigenvalue weighted by Crippen LogP contribution is 2.24. The Balaban J connectivity index is 3.20. The van der Waals surface area contributed by atoms with Crippen LogP contribution in [0.4, 0.5) is 5.69 Å². The van der Waals surface area contributed by atoms with Crippen LogP contribution in [0.3, 0.4) is 0 Å². The molecular formula is C12H20N2O3S. The fourth-order valence-electron chi connectivity index (χ4n) is 1.70. The normalized spacial score (nSPS) is 12.1. The molecule has 1 aromatic rings. The maximum atomic E-state index is 12.4. The van der Waals surface area contributed by atoms with Crippen molar-refractivity contribution in [2.75, 3.05) is 25.9 Å². The van der Waals surface area contributed by atoms with Gasteiger partial charge in [0.1, 0.15) is 0 Å². The van der Waals surface area contributed by atoms with Crippen molar-refractivity contribution in [2.45, 2.75) is 25.2 Å². The van der Waals surface area contributed by atoms with Crippen LogP contribution in [0.15, 0.2) is 17.0 Å². The van der Waals surface area contributed by atoms with Gasteiger partial charge in [0.2, 0.25) is 10.0 Å². The lowest BCUT2D eigenvalue weighted by Gasteiger charge is -2.19. The summed E-state index contributed by atoms with van der Waals surface area (Å²) in [6.07, 6.45) is 0.413. The minimum Gasteiger partial charge on any atom is -0.399 e. The molecule has 0 aromatic heterocycles. The maximum Gasteiger partial charge on any atom is 0.243 e. The van der Waals surface area contributed by atoms with Crippen molar-refractivity contribution < 1.29 is 13.5 Å². The summed E-state index contributed by atoms with van der Waals surface area (Å²) in [6.45, 7) is 3.85. The van der Waals surface area contributed by atoms with Gasteiger partial charge in [-0.3, -0.25) is 0 Å². The first kappa shape index (κ1) is 14.9. The summed E-state index contributed by atoms with van der Waals surface area (Å²) in [5.74, 6) is 0. The van der Waals surface area contributed by atoms with E-state index >= 15 is 0 Å². The Morgan fingerprint density at radius 1 is 1.33 bits per heavy atom. The summed E-state index contributed by atoms with van der Waals surface area (Å²) in [5, 5.41) is 8.75. The SMILES string of the molecule is Cc1cc(N)cc(S(=O)(=O)N(C)CCCO)c1C. The van der Waals surface area contributed by atoms with E-state index in [9.17, 15) is 8.42 Å². The maximum absolute atomic E-state index is 12.4. The Hall–Kier alpha value is -1.11. The van der Waals surface area contributed by atoms with Crippen LogP contribution in [0.25, 0.3) is 0 Å². The summed E-state index contributed by atoms with van der Waals surface area (Å²) in [5.41, 5.74) is 7.70. The number of aryl methyl sites for hydroxylation is 1. The Morgan fingerprint density at radius 2 is 1.94 bits per heavy atom. The van der Waals surface area contributed by atoms with Crippen molar-refractivity contribution >= 4 is 15.7 Å². The quantitative estimate of drug-likeness (QED) is 0.780. The topological polar surface area (TPSA) is 83.6 Å². The molecule has 0 radical (unpaired) electrons. The molecule has 1 rings (SSSR count). The Morgan fingerprint density at radius 3 is 2.50 bits per heavy atom. The molecule has 0 fully saturated rings. The molecule has 0 aliphatic heterocycles.